The Bertz CT molecular complexity index is 791. The van der Waals surface area contributed by atoms with Crippen molar-refractivity contribution in [3.8, 4) is 0 Å². The fourth-order valence-corrected chi connectivity index (χ4v) is 3.57. The number of halogens is 3. The summed E-state index contributed by atoms with van der Waals surface area (Å²) in [7, 11) is 0. The van der Waals surface area contributed by atoms with E-state index in [0.29, 0.717) is 39.7 Å². The van der Waals surface area contributed by atoms with Gasteiger partial charge in [0.1, 0.15) is 12.0 Å². The zero-order valence-electron chi connectivity index (χ0n) is 14.6. The van der Waals surface area contributed by atoms with Crippen LogP contribution in [0.1, 0.15) is 27.2 Å². The first-order valence-corrected chi connectivity index (χ1v) is 9.15. The number of nitrogen functional groups attached to an aromatic ring is 1. The van der Waals surface area contributed by atoms with E-state index in [-0.39, 0.29) is 11.6 Å². The molecule has 1 aliphatic rings. The zero-order valence-corrected chi connectivity index (χ0v) is 16.2. The number of likely N-dealkylation sites (tertiary alicyclic amines) is 1. The number of rotatable bonds is 2. The topological polar surface area (TPSA) is 54.2 Å². The van der Waals surface area contributed by atoms with E-state index in [0.717, 1.165) is 6.54 Å². The maximum atomic E-state index is 14.8. The van der Waals surface area contributed by atoms with E-state index in [9.17, 15) is 8.78 Å². The summed E-state index contributed by atoms with van der Waals surface area (Å²) in [5, 5.41) is 3.93. The first kappa shape index (κ1) is 18.3. The molecule has 2 aromatic rings. The van der Waals surface area contributed by atoms with Crippen LogP contribution in [-0.4, -0.2) is 40.7 Å². The number of alkyl halides is 1. The van der Waals surface area contributed by atoms with Crippen molar-refractivity contribution in [3.63, 3.8) is 0 Å². The maximum Gasteiger partial charge on any atom is 0.139 e. The standard InChI is InChI=1S/C18H23BrF2N4/c1-18(2,3)25-5-4-15(13(21)9-25)24-17-10-6-11(19)12(20)7-16(10)23-8-14(17)22/h6-8,13,15H,4-5,9,22H2,1-3H3,(H,23,24)/t13-,15-/m0/s1. The molecule has 3 rings (SSSR count). The largest absolute Gasteiger partial charge is 0.396 e. The molecule has 7 heteroatoms. The fourth-order valence-electron chi connectivity index (χ4n) is 3.23. The highest BCUT2D eigenvalue weighted by atomic mass is 79.9. The summed E-state index contributed by atoms with van der Waals surface area (Å²) >= 11 is 3.19. The second-order valence-corrected chi connectivity index (χ2v) is 8.40. The Morgan fingerprint density at radius 3 is 2.72 bits per heavy atom. The predicted molar refractivity (Wildman–Crippen MR) is 102 cm³/mol. The van der Waals surface area contributed by atoms with Crippen molar-refractivity contribution in [2.75, 3.05) is 24.1 Å². The van der Waals surface area contributed by atoms with Crippen LogP contribution < -0.4 is 11.1 Å². The van der Waals surface area contributed by atoms with E-state index < -0.39 is 12.0 Å². The van der Waals surface area contributed by atoms with Gasteiger partial charge in [-0.25, -0.2) is 8.78 Å². The number of piperidine rings is 1. The Morgan fingerprint density at radius 1 is 1.36 bits per heavy atom. The van der Waals surface area contributed by atoms with Gasteiger partial charge in [0.25, 0.3) is 0 Å². The molecule has 2 heterocycles. The number of nitrogens with two attached hydrogens (primary N) is 1. The van der Waals surface area contributed by atoms with Crippen molar-refractivity contribution in [2.45, 2.75) is 44.9 Å². The quantitative estimate of drug-likeness (QED) is 0.769. The van der Waals surface area contributed by atoms with Gasteiger partial charge in [-0.1, -0.05) is 0 Å². The molecule has 0 unspecified atom stereocenters. The molecule has 1 aromatic heterocycles. The molecular weight excluding hydrogens is 390 g/mol. The predicted octanol–water partition coefficient (Wildman–Crippen LogP) is 4.34. The number of hydrogen-bond acceptors (Lipinski definition) is 4. The molecule has 1 aliphatic heterocycles. The molecule has 1 fully saturated rings. The molecule has 136 valence electrons. The minimum atomic E-state index is -1.01. The van der Waals surface area contributed by atoms with Crippen LogP contribution in [0.3, 0.4) is 0 Å². The minimum Gasteiger partial charge on any atom is -0.396 e. The van der Waals surface area contributed by atoms with Crippen LogP contribution in [0.25, 0.3) is 10.9 Å². The highest BCUT2D eigenvalue weighted by molar-refractivity contribution is 9.10. The summed E-state index contributed by atoms with van der Waals surface area (Å²) in [6.07, 6.45) is 1.14. The molecule has 1 saturated heterocycles. The summed E-state index contributed by atoms with van der Waals surface area (Å²) in [6, 6.07) is 2.64. The Labute approximate surface area is 154 Å². The molecule has 0 saturated carbocycles. The lowest BCUT2D eigenvalue weighted by Crippen LogP contribution is -2.54. The molecule has 1 aromatic carbocycles. The molecule has 0 bridgehead atoms. The van der Waals surface area contributed by atoms with Crippen LogP contribution in [0, 0.1) is 5.82 Å². The number of nitrogens with zero attached hydrogens (tertiary/aromatic N) is 2. The van der Waals surface area contributed by atoms with Gasteiger partial charge in [-0.15, -0.1) is 0 Å². The van der Waals surface area contributed by atoms with Gasteiger partial charge in [0.05, 0.1) is 33.6 Å². The Balaban J connectivity index is 1.88. The van der Waals surface area contributed by atoms with Crippen molar-refractivity contribution in [1.82, 2.24) is 9.88 Å². The van der Waals surface area contributed by atoms with Crippen LogP contribution in [0.15, 0.2) is 22.8 Å². The van der Waals surface area contributed by atoms with Crippen LogP contribution >= 0.6 is 15.9 Å². The number of hydrogen-bond donors (Lipinski definition) is 2. The second-order valence-electron chi connectivity index (χ2n) is 7.54. The molecule has 3 N–H and O–H groups in total. The SMILES string of the molecule is CC(C)(C)N1CC[C@H](Nc2c(N)cnc3cc(F)c(Br)cc23)[C@@H](F)C1. The second kappa shape index (κ2) is 6.68. The van der Waals surface area contributed by atoms with E-state index in [1.54, 1.807) is 6.07 Å². The number of fused-ring (bicyclic) bond motifs is 1. The zero-order chi connectivity index (χ0) is 18.4. The number of benzene rings is 1. The van der Waals surface area contributed by atoms with E-state index in [1.165, 1.54) is 12.3 Å². The van der Waals surface area contributed by atoms with E-state index >= 15 is 0 Å². The van der Waals surface area contributed by atoms with Crippen LogP contribution in [-0.2, 0) is 0 Å². The summed E-state index contributed by atoms with van der Waals surface area (Å²) in [5.41, 5.74) is 7.54. The highest BCUT2D eigenvalue weighted by Gasteiger charge is 2.34. The molecular formula is C18H23BrF2N4. The lowest BCUT2D eigenvalue weighted by atomic mass is 9.96. The molecule has 4 nitrogen and oxygen atoms in total. The number of aromatic nitrogens is 1. The van der Waals surface area contributed by atoms with E-state index in [4.69, 9.17) is 5.73 Å². The fraction of sp³-hybridized carbons (Fsp3) is 0.500. The molecule has 25 heavy (non-hydrogen) atoms. The first-order chi connectivity index (χ1) is 11.7. The average molecular weight is 413 g/mol. The Kier molecular flexibility index (Phi) is 4.90. The first-order valence-electron chi connectivity index (χ1n) is 8.35. The van der Waals surface area contributed by atoms with Crippen LogP contribution in [0.2, 0.25) is 0 Å². The lowest BCUT2D eigenvalue weighted by molar-refractivity contribution is 0.0554. The van der Waals surface area contributed by atoms with Crippen molar-refractivity contribution in [1.29, 1.82) is 0 Å². The summed E-state index contributed by atoms with van der Waals surface area (Å²) in [4.78, 5) is 6.32. The van der Waals surface area contributed by atoms with Crippen molar-refractivity contribution >= 4 is 38.2 Å². The Hall–Kier alpha value is -1.47. The van der Waals surface area contributed by atoms with Crippen LogP contribution in [0.5, 0.6) is 0 Å². The van der Waals surface area contributed by atoms with E-state index in [2.05, 4.69) is 51.9 Å². The van der Waals surface area contributed by atoms with Gasteiger partial charge < -0.3 is 11.1 Å². The third-order valence-electron chi connectivity index (χ3n) is 4.76. The molecule has 0 spiro atoms. The third kappa shape index (κ3) is 3.72. The molecule has 0 aliphatic carbocycles. The van der Waals surface area contributed by atoms with Gasteiger partial charge in [0, 0.05) is 30.1 Å². The minimum absolute atomic E-state index is 0.0555. The maximum absolute atomic E-state index is 14.8. The van der Waals surface area contributed by atoms with Crippen molar-refractivity contribution in [2.24, 2.45) is 0 Å². The normalized spacial score (nSPS) is 22.3. The third-order valence-corrected chi connectivity index (χ3v) is 5.37. The summed E-state index contributed by atoms with van der Waals surface area (Å²) in [5.74, 6) is -0.391. The van der Waals surface area contributed by atoms with Gasteiger partial charge in [0.15, 0.2) is 0 Å². The summed E-state index contributed by atoms with van der Waals surface area (Å²) < 4.78 is 28.8. The molecule has 0 amide bonds. The molecule has 2 atom stereocenters. The smallest absolute Gasteiger partial charge is 0.139 e. The van der Waals surface area contributed by atoms with Gasteiger partial charge in [-0.05, 0) is 49.2 Å². The summed E-state index contributed by atoms with van der Waals surface area (Å²) in [6.45, 7) is 7.46. The van der Waals surface area contributed by atoms with Crippen molar-refractivity contribution in [3.05, 3.63) is 28.6 Å². The van der Waals surface area contributed by atoms with Gasteiger partial charge in [0.2, 0.25) is 0 Å². The monoisotopic (exact) mass is 412 g/mol. The number of pyridine rings is 1. The Morgan fingerprint density at radius 2 is 2.08 bits per heavy atom. The molecule has 0 radical (unpaired) electrons. The van der Waals surface area contributed by atoms with E-state index in [1.807, 2.05) is 0 Å². The van der Waals surface area contributed by atoms with Gasteiger partial charge in [-0.3, -0.25) is 9.88 Å². The van der Waals surface area contributed by atoms with Crippen molar-refractivity contribution < 1.29 is 8.78 Å². The van der Waals surface area contributed by atoms with Gasteiger partial charge in [-0.2, -0.15) is 0 Å². The lowest BCUT2D eigenvalue weighted by Gasteiger charge is -2.42. The van der Waals surface area contributed by atoms with Gasteiger partial charge >= 0.3 is 0 Å². The number of anilines is 2. The average Bonchev–Trinajstić information content (AvgIpc) is 2.52. The van der Waals surface area contributed by atoms with Crippen LogP contribution in [0.4, 0.5) is 20.2 Å². The number of nitrogens with one attached hydrogen (secondary N) is 1. The highest BCUT2D eigenvalue weighted by Crippen LogP contribution is 2.34.